The van der Waals surface area contributed by atoms with Crippen molar-refractivity contribution in [2.24, 2.45) is 7.05 Å². The number of hydrogen-bond donors (Lipinski definition) is 1. The van der Waals surface area contributed by atoms with Gasteiger partial charge >= 0.3 is 5.97 Å². The summed E-state index contributed by atoms with van der Waals surface area (Å²) in [6, 6.07) is 16.5. The molecule has 7 heteroatoms. The van der Waals surface area contributed by atoms with E-state index in [4.69, 9.17) is 9.47 Å². The van der Waals surface area contributed by atoms with E-state index >= 15 is 0 Å². The lowest BCUT2D eigenvalue weighted by Crippen LogP contribution is -2.22. The van der Waals surface area contributed by atoms with Crippen molar-refractivity contribution in [1.29, 1.82) is 0 Å². The Morgan fingerprint density at radius 1 is 1.06 bits per heavy atom. The van der Waals surface area contributed by atoms with E-state index in [1.165, 1.54) is 0 Å². The summed E-state index contributed by atoms with van der Waals surface area (Å²) in [7, 11) is 3.37. The molecule has 0 unspecified atom stereocenters. The summed E-state index contributed by atoms with van der Waals surface area (Å²) in [6.45, 7) is 3.24. The molecule has 3 aromatic rings. The highest BCUT2D eigenvalue weighted by Crippen LogP contribution is 2.25. The smallest absolute Gasteiger partial charge is 0.339 e. The summed E-state index contributed by atoms with van der Waals surface area (Å²) in [5.41, 5.74) is 3.87. The number of amides is 1. The van der Waals surface area contributed by atoms with E-state index < -0.39 is 18.5 Å². The van der Waals surface area contributed by atoms with Gasteiger partial charge < -0.3 is 14.8 Å². The number of benzene rings is 2. The van der Waals surface area contributed by atoms with Crippen molar-refractivity contribution < 1.29 is 19.1 Å². The number of rotatable bonds is 7. The molecular weight excluding hydrogens is 394 g/mol. The Balaban J connectivity index is 1.79. The van der Waals surface area contributed by atoms with Crippen LogP contribution in [0.3, 0.4) is 0 Å². The van der Waals surface area contributed by atoms with Gasteiger partial charge in [-0.3, -0.25) is 9.48 Å². The van der Waals surface area contributed by atoms with Crippen LogP contribution in [0.4, 0.5) is 5.69 Å². The van der Waals surface area contributed by atoms with Crippen molar-refractivity contribution in [3.63, 3.8) is 0 Å². The number of para-hydroxylation sites is 1. The van der Waals surface area contributed by atoms with Crippen LogP contribution in [-0.2, 0) is 21.4 Å². The van der Waals surface area contributed by atoms with Crippen molar-refractivity contribution >= 4 is 29.2 Å². The highest BCUT2D eigenvalue weighted by Gasteiger charge is 2.18. The lowest BCUT2D eigenvalue weighted by atomic mass is 10.0. The standard InChI is InChI=1S/C24H25N3O4/c1-16-23(17(2)27(3)26-16)25-22(28)15-31-24(29)20(18-10-6-5-7-11-18)14-19-12-8-9-13-21(19)30-4/h5-14H,15H2,1-4H3,(H,25,28). The monoisotopic (exact) mass is 419 g/mol. The van der Waals surface area contributed by atoms with Gasteiger partial charge in [-0.25, -0.2) is 4.79 Å². The van der Waals surface area contributed by atoms with Crippen LogP contribution in [0.1, 0.15) is 22.5 Å². The van der Waals surface area contributed by atoms with E-state index in [9.17, 15) is 9.59 Å². The van der Waals surface area contributed by atoms with Gasteiger partial charge in [-0.1, -0.05) is 48.5 Å². The maximum atomic E-state index is 12.9. The van der Waals surface area contributed by atoms with Gasteiger partial charge in [0.15, 0.2) is 6.61 Å². The van der Waals surface area contributed by atoms with Crippen LogP contribution in [-0.4, -0.2) is 35.4 Å². The van der Waals surface area contributed by atoms with Crippen LogP contribution in [0.5, 0.6) is 5.75 Å². The maximum absolute atomic E-state index is 12.9. The zero-order chi connectivity index (χ0) is 22.4. The molecule has 1 aromatic heterocycles. The summed E-state index contributed by atoms with van der Waals surface area (Å²) in [5, 5.41) is 7.03. The fraction of sp³-hybridized carbons (Fsp3) is 0.208. The Labute approximate surface area is 181 Å². The maximum Gasteiger partial charge on any atom is 0.339 e. The molecule has 0 spiro atoms. The molecule has 1 heterocycles. The summed E-state index contributed by atoms with van der Waals surface area (Å²) in [6.07, 6.45) is 1.70. The zero-order valence-electron chi connectivity index (χ0n) is 18.0. The summed E-state index contributed by atoms with van der Waals surface area (Å²) < 4.78 is 12.4. The highest BCUT2D eigenvalue weighted by molar-refractivity contribution is 6.22. The van der Waals surface area contributed by atoms with E-state index in [1.54, 1.807) is 31.8 Å². The molecule has 2 aromatic carbocycles. The number of nitrogens with zero attached hydrogens (tertiary/aromatic N) is 2. The zero-order valence-corrected chi connectivity index (χ0v) is 18.0. The minimum Gasteiger partial charge on any atom is -0.496 e. The topological polar surface area (TPSA) is 82.4 Å². The van der Waals surface area contributed by atoms with Gasteiger partial charge in [0.1, 0.15) is 5.75 Å². The van der Waals surface area contributed by atoms with E-state index in [1.807, 2.05) is 61.5 Å². The van der Waals surface area contributed by atoms with Crippen LogP contribution in [0, 0.1) is 13.8 Å². The lowest BCUT2D eigenvalue weighted by Gasteiger charge is -2.11. The first-order valence-corrected chi connectivity index (χ1v) is 9.78. The molecule has 0 aliphatic rings. The van der Waals surface area contributed by atoms with Gasteiger partial charge in [-0.15, -0.1) is 0 Å². The van der Waals surface area contributed by atoms with Crippen molar-refractivity contribution in [1.82, 2.24) is 9.78 Å². The first-order chi connectivity index (χ1) is 14.9. The van der Waals surface area contributed by atoms with Crippen molar-refractivity contribution in [3.05, 3.63) is 77.1 Å². The van der Waals surface area contributed by atoms with E-state index in [-0.39, 0.29) is 0 Å². The molecule has 0 bridgehead atoms. The third-order valence-electron chi connectivity index (χ3n) is 4.85. The Morgan fingerprint density at radius 2 is 1.74 bits per heavy atom. The van der Waals surface area contributed by atoms with Gasteiger partial charge in [0, 0.05) is 12.6 Å². The van der Waals surface area contributed by atoms with Crippen molar-refractivity contribution in [2.75, 3.05) is 19.0 Å². The number of esters is 1. The second-order valence-electron chi connectivity index (χ2n) is 6.96. The minimum atomic E-state index is -0.605. The molecule has 7 nitrogen and oxygen atoms in total. The predicted molar refractivity (Wildman–Crippen MR) is 120 cm³/mol. The Kier molecular flexibility index (Phi) is 6.87. The van der Waals surface area contributed by atoms with E-state index in [0.717, 1.165) is 11.3 Å². The second kappa shape index (κ2) is 9.75. The SMILES string of the molecule is COc1ccccc1C=C(C(=O)OCC(=O)Nc1c(C)nn(C)c1C)c1ccccc1. The fourth-order valence-corrected chi connectivity index (χ4v) is 3.16. The van der Waals surface area contributed by atoms with Gasteiger partial charge in [-0.2, -0.15) is 5.10 Å². The van der Waals surface area contributed by atoms with Gasteiger partial charge in [0.2, 0.25) is 0 Å². The van der Waals surface area contributed by atoms with Crippen LogP contribution >= 0.6 is 0 Å². The van der Waals surface area contributed by atoms with Crippen LogP contribution in [0.2, 0.25) is 0 Å². The predicted octanol–water partition coefficient (Wildman–Crippen LogP) is 3.77. The number of methoxy groups -OCH3 is 1. The molecule has 1 amide bonds. The number of hydrogen-bond acceptors (Lipinski definition) is 5. The molecule has 160 valence electrons. The second-order valence-corrected chi connectivity index (χ2v) is 6.96. The molecule has 0 saturated heterocycles. The molecule has 0 saturated carbocycles. The van der Waals surface area contributed by atoms with Crippen molar-refractivity contribution in [3.8, 4) is 5.75 Å². The number of carbonyl (C=O) groups is 2. The normalized spacial score (nSPS) is 11.2. The number of nitrogens with one attached hydrogen (secondary N) is 1. The summed E-state index contributed by atoms with van der Waals surface area (Å²) in [5.74, 6) is -0.409. The average molecular weight is 419 g/mol. The molecule has 0 aliphatic carbocycles. The van der Waals surface area contributed by atoms with Crippen LogP contribution < -0.4 is 10.1 Å². The Bertz CT molecular complexity index is 1120. The molecule has 31 heavy (non-hydrogen) atoms. The van der Waals surface area contributed by atoms with Gasteiger partial charge in [0.25, 0.3) is 5.91 Å². The number of aromatic nitrogens is 2. The van der Waals surface area contributed by atoms with Gasteiger partial charge in [0.05, 0.1) is 29.8 Å². The molecular formula is C24H25N3O4. The first-order valence-electron chi connectivity index (χ1n) is 9.78. The van der Waals surface area contributed by atoms with Crippen LogP contribution in [0.25, 0.3) is 11.6 Å². The van der Waals surface area contributed by atoms with E-state index in [2.05, 4.69) is 10.4 Å². The molecule has 3 rings (SSSR count). The Hall–Kier alpha value is -3.87. The summed E-state index contributed by atoms with van der Waals surface area (Å²) in [4.78, 5) is 25.3. The molecule has 0 fully saturated rings. The van der Waals surface area contributed by atoms with E-state index in [0.29, 0.717) is 28.3 Å². The van der Waals surface area contributed by atoms with Gasteiger partial charge in [-0.05, 0) is 31.6 Å². The third kappa shape index (κ3) is 5.19. The number of ether oxygens (including phenoxy) is 2. The molecule has 0 radical (unpaired) electrons. The third-order valence-corrected chi connectivity index (χ3v) is 4.85. The number of anilines is 1. The molecule has 0 atom stereocenters. The lowest BCUT2D eigenvalue weighted by molar-refractivity contribution is -0.141. The largest absolute Gasteiger partial charge is 0.496 e. The minimum absolute atomic E-state index is 0.326. The fourth-order valence-electron chi connectivity index (χ4n) is 3.16. The molecule has 1 N–H and O–H groups in total. The van der Waals surface area contributed by atoms with Crippen molar-refractivity contribution in [2.45, 2.75) is 13.8 Å². The van der Waals surface area contributed by atoms with Crippen LogP contribution in [0.15, 0.2) is 54.6 Å². The number of carbonyl (C=O) groups excluding carboxylic acids is 2. The average Bonchev–Trinajstić information content (AvgIpc) is 3.02. The first kappa shape index (κ1) is 21.8. The number of aryl methyl sites for hydroxylation is 2. The highest BCUT2D eigenvalue weighted by atomic mass is 16.5. The quantitative estimate of drug-likeness (QED) is 0.358. The summed E-state index contributed by atoms with van der Waals surface area (Å²) >= 11 is 0. The molecule has 0 aliphatic heterocycles. The Morgan fingerprint density at radius 3 is 2.39 bits per heavy atom.